The van der Waals surface area contributed by atoms with E-state index in [0.717, 1.165) is 22.2 Å². The van der Waals surface area contributed by atoms with E-state index in [9.17, 15) is 30.4 Å². The van der Waals surface area contributed by atoms with Gasteiger partial charge < -0.3 is 0 Å². The minimum absolute atomic E-state index is 0.00770. The minimum atomic E-state index is -4.69. The summed E-state index contributed by atoms with van der Waals surface area (Å²) >= 11 is 0. The van der Waals surface area contributed by atoms with Gasteiger partial charge in [-0.3, -0.25) is 0 Å². The molecule has 0 N–H and O–H groups in total. The van der Waals surface area contributed by atoms with Gasteiger partial charge in [-0.25, -0.2) is 21.2 Å². The first-order chi connectivity index (χ1) is 15.0. The zero-order chi connectivity index (χ0) is 23.3. The zero-order valence-electron chi connectivity index (χ0n) is 16.6. The van der Waals surface area contributed by atoms with E-state index < -0.39 is 38.3 Å². The molecule has 0 aliphatic carbocycles. The molecule has 0 bridgehead atoms. The highest BCUT2D eigenvalue weighted by molar-refractivity contribution is 7.90. The summed E-state index contributed by atoms with van der Waals surface area (Å²) in [4.78, 5) is -0.512. The molecule has 0 spiro atoms. The van der Waals surface area contributed by atoms with Crippen molar-refractivity contribution >= 4 is 20.9 Å². The van der Waals surface area contributed by atoms with Crippen molar-refractivity contribution in [3.63, 3.8) is 0 Å². The van der Waals surface area contributed by atoms with E-state index in [-0.39, 0.29) is 23.1 Å². The molecule has 0 aliphatic heterocycles. The van der Waals surface area contributed by atoms with Gasteiger partial charge in [-0.1, -0.05) is 30.3 Å². The van der Waals surface area contributed by atoms with Crippen LogP contribution in [0.5, 0.6) is 0 Å². The third kappa shape index (κ3) is 3.88. The van der Waals surface area contributed by atoms with Crippen LogP contribution in [-0.2, 0) is 22.6 Å². The second-order valence-corrected chi connectivity index (χ2v) is 9.20. The average molecular weight is 465 g/mol. The molecule has 166 valence electrons. The van der Waals surface area contributed by atoms with Gasteiger partial charge in [-0.05, 0) is 53.9 Å². The molecule has 0 aliphatic rings. The Morgan fingerprint density at radius 2 is 1.66 bits per heavy atom. The van der Waals surface area contributed by atoms with Crippen molar-refractivity contribution in [2.24, 2.45) is 0 Å². The highest BCUT2D eigenvalue weighted by Crippen LogP contribution is 2.32. The first-order valence-corrected chi connectivity index (χ1v) is 10.9. The van der Waals surface area contributed by atoms with Crippen LogP contribution in [0.2, 0.25) is 0 Å². The molecule has 0 unspecified atom stereocenters. The van der Waals surface area contributed by atoms with Crippen LogP contribution in [0.15, 0.2) is 71.8 Å². The number of nitrogens with zero attached hydrogens (tertiary/aromatic N) is 1. The van der Waals surface area contributed by atoms with Crippen molar-refractivity contribution in [2.45, 2.75) is 24.4 Å². The number of benzene rings is 3. The molecular weight excluding hydrogens is 449 g/mol. The summed E-state index contributed by atoms with van der Waals surface area (Å²) in [5.41, 5.74) is -0.0756. The number of alkyl halides is 3. The molecule has 4 rings (SSSR count). The van der Waals surface area contributed by atoms with Gasteiger partial charge in [0.05, 0.1) is 16.0 Å². The van der Waals surface area contributed by atoms with E-state index in [0.29, 0.717) is 17.0 Å². The Morgan fingerprint density at radius 3 is 2.38 bits per heavy atom. The van der Waals surface area contributed by atoms with Gasteiger partial charge >= 0.3 is 6.18 Å². The maximum atomic E-state index is 14.3. The minimum Gasteiger partial charge on any atom is -0.241 e. The number of rotatable bonds is 4. The maximum Gasteiger partial charge on any atom is 0.416 e. The van der Waals surface area contributed by atoms with Crippen molar-refractivity contribution in [3.05, 3.63) is 101 Å². The molecule has 0 saturated heterocycles. The number of hydrogen-bond acceptors (Lipinski definition) is 2. The largest absolute Gasteiger partial charge is 0.416 e. The third-order valence-electron chi connectivity index (χ3n) is 5.19. The van der Waals surface area contributed by atoms with E-state index in [1.165, 1.54) is 37.4 Å². The Balaban J connectivity index is 1.77. The molecule has 1 heterocycles. The van der Waals surface area contributed by atoms with Crippen LogP contribution in [-0.4, -0.2) is 12.4 Å². The van der Waals surface area contributed by atoms with Crippen molar-refractivity contribution < 1.29 is 30.4 Å². The molecule has 3 aromatic carbocycles. The number of halogens is 5. The average Bonchev–Trinajstić information content (AvgIpc) is 3.18. The second kappa shape index (κ2) is 7.74. The molecule has 32 heavy (non-hydrogen) atoms. The van der Waals surface area contributed by atoms with E-state index in [1.807, 2.05) is 0 Å². The lowest BCUT2D eigenvalue weighted by Crippen LogP contribution is -2.13. The molecule has 0 saturated carbocycles. The standard InChI is InChI=1S/C23H16F5NO2S/c1-14-5-7-17(22(25)21(14)24)11-15-6-8-16-9-10-29(20(16)12-15)32(30,31)19-4-2-3-18(13-19)23(26,27)28/h2-10,12-13H,11H2,1H3. The van der Waals surface area contributed by atoms with Crippen LogP contribution in [0.1, 0.15) is 22.3 Å². The first-order valence-electron chi connectivity index (χ1n) is 9.45. The lowest BCUT2D eigenvalue weighted by atomic mass is 10.0. The lowest BCUT2D eigenvalue weighted by Gasteiger charge is -2.12. The quantitative estimate of drug-likeness (QED) is 0.343. The molecule has 9 heteroatoms. The van der Waals surface area contributed by atoms with Crippen molar-refractivity contribution in [3.8, 4) is 0 Å². The SMILES string of the molecule is Cc1ccc(Cc2ccc3ccn(S(=O)(=O)c4cccc(C(F)(F)F)c4)c3c2)c(F)c1F. The van der Waals surface area contributed by atoms with Crippen molar-refractivity contribution in [1.29, 1.82) is 0 Å². The second-order valence-electron chi connectivity index (χ2n) is 7.38. The van der Waals surface area contributed by atoms with Crippen LogP contribution in [0.25, 0.3) is 10.9 Å². The fourth-order valence-electron chi connectivity index (χ4n) is 3.46. The van der Waals surface area contributed by atoms with Crippen LogP contribution < -0.4 is 0 Å². The summed E-state index contributed by atoms with van der Waals surface area (Å²) in [5, 5.41) is 0.528. The van der Waals surface area contributed by atoms with Gasteiger partial charge in [0.25, 0.3) is 10.0 Å². The molecular formula is C23H16F5NO2S. The highest BCUT2D eigenvalue weighted by Gasteiger charge is 2.32. The monoisotopic (exact) mass is 465 g/mol. The zero-order valence-corrected chi connectivity index (χ0v) is 17.4. The van der Waals surface area contributed by atoms with Crippen LogP contribution in [0.3, 0.4) is 0 Å². The van der Waals surface area contributed by atoms with Gasteiger partial charge in [0.2, 0.25) is 0 Å². The summed E-state index contributed by atoms with van der Waals surface area (Å²) in [6, 6.07) is 12.7. The summed E-state index contributed by atoms with van der Waals surface area (Å²) in [7, 11) is -4.33. The Labute approximate surface area is 180 Å². The topological polar surface area (TPSA) is 39.1 Å². The van der Waals surface area contributed by atoms with E-state index in [2.05, 4.69) is 0 Å². The first kappa shape index (κ1) is 22.0. The Kier molecular flexibility index (Phi) is 5.32. The molecule has 0 amide bonds. The predicted molar refractivity (Wildman–Crippen MR) is 110 cm³/mol. The third-order valence-corrected chi connectivity index (χ3v) is 6.88. The van der Waals surface area contributed by atoms with Gasteiger partial charge in [0.15, 0.2) is 11.6 Å². The fraction of sp³-hybridized carbons (Fsp3) is 0.130. The molecule has 3 nitrogen and oxygen atoms in total. The number of aromatic nitrogens is 1. The Bertz CT molecular complexity index is 1440. The maximum absolute atomic E-state index is 14.3. The summed E-state index contributed by atoms with van der Waals surface area (Å²) in [6.07, 6.45) is -3.44. The van der Waals surface area contributed by atoms with Gasteiger partial charge in [0, 0.05) is 18.0 Å². The normalized spacial score (nSPS) is 12.4. The summed E-state index contributed by atoms with van der Waals surface area (Å²) in [5.74, 6) is -1.92. The van der Waals surface area contributed by atoms with Crippen LogP contribution >= 0.6 is 0 Å². The number of aryl methyl sites for hydroxylation is 1. The molecule has 0 atom stereocenters. The molecule has 4 aromatic rings. The Hall–Kier alpha value is -3.20. The lowest BCUT2D eigenvalue weighted by molar-refractivity contribution is -0.137. The van der Waals surface area contributed by atoms with E-state index in [4.69, 9.17) is 0 Å². The summed E-state index contributed by atoms with van der Waals surface area (Å²) < 4.78 is 94.3. The summed E-state index contributed by atoms with van der Waals surface area (Å²) in [6.45, 7) is 1.44. The fourth-order valence-corrected chi connectivity index (χ4v) is 4.85. The predicted octanol–water partition coefficient (Wildman–Crippen LogP) is 6.07. The highest BCUT2D eigenvalue weighted by atomic mass is 32.2. The van der Waals surface area contributed by atoms with Gasteiger partial charge in [-0.15, -0.1) is 0 Å². The van der Waals surface area contributed by atoms with Gasteiger partial charge in [-0.2, -0.15) is 13.2 Å². The Morgan fingerprint density at radius 1 is 0.906 bits per heavy atom. The molecule has 0 fully saturated rings. The van der Waals surface area contributed by atoms with E-state index in [1.54, 1.807) is 12.1 Å². The van der Waals surface area contributed by atoms with E-state index >= 15 is 0 Å². The van der Waals surface area contributed by atoms with Crippen LogP contribution in [0.4, 0.5) is 22.0 Å². The number of hydrogen-bond donors (Lipinski definition) is 0. The van der Waals surface area contributed by atoms with Crippen molar-refractivity contribution in [1.82, 2.24) is 3.97 Å². The number of fused-ring (bicyclic) bond motifs is 1. The smallest absolute Gasteiger partial charge is 0.241 e. The van der Waals surface area contributed by atoms with Crippen LogP contribution in [0, 0.1) is 18.6 Å². The van der Waals surface area contributed by atoms with Crippen molar-refractivity contribution in [2.75, 3.05) is 0 Å². The molecule has 1 aromatic heterocycles. The van der Waals surface area contributed by atoms with Gasteiger partial charge in [0.1, 0.15) is 0 Å². The molecule has 0 radical (unpaired) electrons.